The quantitative estimate of drug-likeness (QED) is 0.856. The van der Waals surface area contributed by atoms with Crippen molar-refractivity contribution >= 4 is 5.82 Å². The lowest BCUT2D eigenvalue weighted by molar-refractivity contribution is -0.141. The molecule has 17 heavy (non-hydrogen) atoms. The van der Waals surface area contributed by atoms with Crippen molar-refractivity contribution in [3.05, 3.63) is 23.9 Å². The number of aromatic nitrogens is 1. The zero-order valence-electron chi connectivity index (χ0n) is 9.04. The van der Waals surface area contributed by atoms with Crippen molar-refractivity contribution in [2.45, 2.75) is 25.1 Å². The predicted octanol–water partition coefficient (Wildman–Crippen LogP) is 2.28. The van der Waals surface area contributed by atoms with Crippen molar-refractivity contribution in [3.63, 3.8) is 0 Å². The van der Waals surface area contributed by atoms with E-state index >= 15 is 0 Å². The Balaban J connectivity index is 1.96. The highest BCUT2D eigenvalue weighted by atomic mass is 19.4. The first-order valence-corrected chi connectivity index (χ1v) is 5.43. The van der Waals surface area contributed by atoms with Crippen molar-refractivity contribution in [3.8, 4) is 0 Å². The number of hydrogen-bond acceptors (Lipinski definition) is 3. The van der Waals surface area contributed by atoms with Gasteiger partial charge >= 0.3 is 6.18 Å². The van der Waals surface area contributed by atoms with Gasteiger partial charge in [-0.05, 0) is 30.9 Å². The Hall–Kier alpha value is -1.30. The van der Waals surface area contributed by atoms with Gasteiger partial charge in [-0.15, -0.1) is 0 Å². The summed E-state index contributed by atoms with van der Waals surface area (Å²) in [5, 5.41) is 12.3. The molecule has 6 heteroatoms. The normalized spacial score (nSPS) is 17.9. The van der Waals surface area contributed by atoms with Gasteiger partial charge in [-0.2, -0.15) is 13.2 Å². The molecule has 2 N–H and O–H groups in total. The van der Waals surface area contributed by atoms with Crippen LogP contribution in [0.15, 0.2) is 18.2 Å². The first kappa shape index (κ1) is 12.2. The van der Waals surface area contributed by atoms with Gasteiger partial charge in [0.25, 0.3) is 0 Å². The number of hydrogen-bond donors (Lipinski definition) is 2. The highest BCUT2D eigenvalue weighted by Crippen LogP contribution is 2.32. The van der Waals surface area contributed by atoms with E-state index in [0.717, 1.165) is 18.9 Å². The first-order chi connectivity index (χ1) is 7.97. The summed E-state index contributed by atoms with van der Waals surface area (Å²) in [6.45, 7) is 0.235. The van der Waals surface area contributed by atoms with Crippen LogP contribution in [-0.2, 0) is 6.18 Å². The molecule has 94 valence electrons. The second-order valence-corrected chi connectivity index (χ2v) is 4.19. The van der Waals surface area contributed by atoms with Crippen LogP contribution >= 0.6 is 0 Å². The van der Waals surface area contributed by atoms with E-state index in [1.54, 1.807) is 0 Å². The van der Waals surface area contributed by atoms with Gasteiger partial charge in [-0.25, -0.2) is 4.98 Å². The van der Waals surface area contributed by atoms with Gasteiger partial charge in [0.05, 0.1) is 6.10 Å². The topological polar surface area (TPSA) is 45.1 Å². The summed E-state index contributed by atoms with van der Waals surface area (Å²) < 4.78 is 37.1. The van der Waals surface area contributed by atoms with E-state index in [4.69, 9.17) is 0 Å². The molecule has 0 amide bonds. The van der Waals surface area contributed by atoms with Gasteiger partial charge in [-0.3, -0.25) is 0 Å². The Bertz CT molecular complexity index is 391. The summed E-state index contributed by atoms with van der Waals surface area (Å²) in [5.74, 6) is 0.424. The number of aliphatic hydroxyl groups is 1. The zero-order chi connectivity index (χ0) is 12.5. The van der Waals surface area contributed by atoms with Crippen molar-refractivity contribution in [1.82, 2.24) is 4.98 Å². The molecular weight excluding hydrogens is 233 g/mol. The smallest absolute Gasteiger partial charge is 0.391 e. The number of rotatable bonds is 4. The van der Waals surface area contributed by atoms with Gasteiger partial charge in [0.2, 0.25) is 0 Å². The van der Waals surface area contributed by atoms with Crippen LogP contribution < -0.4 is 5.32 Å². The third-order valence-electron chi connectivity index (χ3n) is 2.70. The predicted molar refractivity (Wildman–Crippen MR) is 56.5 cm³/mol. The molecule has 1 fully saturated rings. The average molecular weight is 246 g/mol. The number of alkyl halides is 3. The number of pyridine rings is 1. The second-order valence-electron chi connectivity index (χ2n) is 4.19. The van der Waals surface area contributed by atoms with Crippen LogP contribution in [0.2, 0.25) is 0 Å². The molecule has 1 heterocycles. The Labute approximate surface area is 96.7 Å². The third-order valence-corrected chi connectivity index (χ3v) is 2.70. The molecule has 1 aromatic heterocycles. The number of halogens is 3. The molecule has 3 nitrogen and oxygen atoms in total. The zero-order valence-corrected chi connectivity index (χ0v) is 9.04. The molecule has 0 saturated heterocycles. The van der Waals surface area contributed by atoms with E-state index in [2.05, 4.69) is 10.3 Å². The molecule has 1 aromatic rings. The second kappa shape index (κ2) is 4.52. The van der Waals surface area contributed by atoms with Crippen LogP contribution in [0.3, 0.4) is 0 Å². The fraction of sp³-hybridized carbons (Fsp3) is 0.545. The molecule has 0 aliphatic heterocycles. The van der Waals surface area contributed by atoms with Gasteiger partial charge in [0, 0.05) is 6.54 Å². The summed E-state index contributed by atoms with van der Waals surface area (Å²) in [5.41, 5.74) is -0.927. The summed E-state index contributed by atoms with van der Waals surface area (Å²) >= 11 is 0. The third kappa shape index (κ3) is 3.33. The van der Waals surface area contributed by atoms with Crippen LogP contribution in [-0.4, -0.2) is 22.7 Å². The van der Waals surface area contributed by atoms with E-state index < -0.39 is 18.0 Å². The molecule has 0 radical (unpaired) electrons. The minimum Gasteiger partial charge on any atom is -0.391 e. The number of aliphatic hydroxyl groups excluding tert-OH is 1. The standard InChI is InChI=1S/C11H13F3N2O/c12-11(13,14)9-2-1-3-10(16-9)15-6-8(17)7-4-5-7/h1-3,7-8,17H,4-6H2,(H,15,16). The monoisotopic (exact) mass is 246 g/mol. The largest absolute Gasteiger partial charge is 0.433 e. The first-order valence-electron chi connectivity index (χ1n) is 5.43. The summed E-state index contributed by atoms with van der Waals surface area (Å²) in [6.07, 6.45) is -2.98. The van der Waals surface area contributed by atoms with E-state index in [1.165, 1.54) is 12.1 Å². The van der Waals surface area contributed by atoms with Gasteiger partial charge in [-0.1, -0.05) is 6.07 Å². The Kier molecular flexibility index (Phi) is 3.24. The van der Waals surface area contributed by atoms with Crippen molar-refractivity contribution < 1.29 is 18.3 Å². The Morgan fingerprint density at radius 3 is 2.71 bits per heavy atom. The summed E-state index contributed by atoms with van der Waals surface area (Å²) in [6, 6.07) is 3.67. The molecule has 0 bridgehead atoms. The molecule has 1 unspecified atom stereocenters. The molecular formula is C11H13F3N2O. The van der Waals surface area contributed by atoms with Crippen molar-refractivity contribution in [2.24, 2.45) is 5.92 Å². The highest BCUT2D eigenvalue weighted by molar-refractivity contribution is 5.36. The van der Waals surface area contributed by atoms with E-state index in [-0.39, 0.29) is 18.3 Å². The molecule has 0 spiro atoms. The summed E-state index contributed by atoms with van der Waals surface area (Å²) in [7, 11) is 0. The maximum absolute atomic E-state index is 12.4. The molecule has 0 aromatic carbocycles. The maximum atomic E-state index is 12.4. The summed E-state index contributed by atoms with van der Waals surface area (Å²) in [4.78, 5) is 3.45. The van der Waals surface area contributed by atoms with Crippen molar-refractivity contribution in [2.75, 3.05) is 11.9 Å². The van der Waals surface area contributed by atoms with E-state index in [0.29, 0.717) is 0 Å². The SMILES string of the molecule is OC(CNc1cccc(C(F)(F)F)n1)C1CC1. The molecule has 1 aliphatic carbocycles. The van der Waals surface area contributed by atoms with Crippen LogP contribution in [0.4, 0.5) is 19.0 Å². The van der Waals surface area contributed by atoms with E-state index in [9.17, 15) is 18.3 Å². The number of nitrogens with zero attached hydrogens (tertiary/aromatic N) is 1. The fourth-order valence-electron chi connectivity index (χ4n) is 1.55. The van der Waals surface area contributed by atoms with Gasteiger partial charge in [0.1, 0.15) is 11.5 Å². The lowest BCUT2D eigenvalue weighted by Gasteiger charge is -2.12. The Morgan fingerprint density at radius 1 is 1.41 bits per heavy atom. The molecule has 1 atom stereocenters. The maximum Gasteiger partial charge on any atom is 0.433 e. The Morgan fingerprint density at radius 2 is 2.12 bits per heavy atom. The van der Waals surface area contributed by atoms with E-state index in [1.807, 2.05) is 0 Å². The highest BCUT2D eigenvalue weighted by Gasteiger charge is 2.33. The van der Waals surface area contributed by atoms with Crippen molar-refractivity contribution in [1.29, 1.82) is 0 Å². The molecule has 1 saturated carbocycles. The molecule has 1 aliphatic rings. The van der Waals surface area contributed by atoms with Crippen LogP contribution in [0.5, 0.6) is 0 Å². The van der Waals surface area contributed by atoms with Crippen LogP contribution in [0, 0.1) is 5.92 Å². The average Bonchev–Trinajstić information content (AvgIpc) is 3.09. The number of nitrogens with one attached hydrogen (secondary N) is 1. The fourth-order valence-corrected chi connectivity index (χ4v) is 1.55. The van der Waals surface area contributed by atoms with Gasteiger partial charge < -0.3 is 10.4 Å². The lowest BCUT2D eigenvalue weighted by Crippen LogP contribution is -2.22. The minimum absolute atomic E-state index is 0.138. The van der Waals surface area contributed by atoms with Gasteiger partial charge in [0.15, 0.2) is 0 Å². The van der Waals surface area contributed by atoms with Crippen LogP contribution in [0.25, 0.3) is 0 Å². The van der Waals surface area contributed by atoms with Crippen LogP contribution in [0.1, 0.15) is 18.5 Å². The molecule has 2 rings (SSSR count). The number of anilines is 1. The minimum atomic E-state index is -4.44. The lowest BCUT2D eigenvalue weighted by atomic mass is 10.2.